The Morgan fingerprint density at radius 2 is 1.68 bits per heavy atom. The van der Waals surface area contributed by atoms with Gasteiger partial charge in [0, 0.05) is 33.9 Å². The molecule has 2 rings (SSSR count). The van der Waals surface area contributed by atoms with Crippen molar-refractivity contribution in [3.63, 3.8) is 0 Å². The van der Waals surface area contributed by atoms with E-state index in [0.29, 0.717) is 56.4 Å². The fourth-order valence-corrected chi connectivity index (χ4v) is 3.69. The number of rotatable bonds is 19. The summed E-state index contributed by atoms with van der Waals surface area (Å²) < 4.78 is 11.3. The minimum atomic E-state index is -1.23. The summed E-state index contributed by atoms with van der Waals surface area (Å²) in [6.07, 6.45) is 4.40. The van der Waals surface area contributed by atoms with Crippen molar-refractivity contribution in [2.24, 2.45) is 16.1 Å². The number of hydrogen-bond acceptors (Lipinski definition) is 13. The maximum Gasteiger partial charge on any atom is 0.323 e. The molecule has 0 radical (unpaired) electrons. The number of imidazole rings is 1. The molecule has 2 aromatic heterocycles. The third-order valence-electron chi connectivity index (χ3n) is 5.87. The first-order valence-electron chi connectivity index (χ1n) is 13.1. The van der Waals surface area contributed by atoms with Gasteiger partial charge in [0.15, 0.2) is 28.7 Å². The number of carboxylic acid groups (broad SMARTS) is 1. The Morgan fingerprint density at radius 3 is 2.17 bits per heavy atom. The van der Waals surface area contributed by atoms with Gasteiger partial charge in [0.1, 0.15) is 18.7 Å². The van der Waals surface area contributed by atoms with Crippen molar-refractivity contribution in [1.82, 2.24) is 19.5 Å². The third kappa shape index (κ3) is 9.44. The molecule has 0 bridgehead atoms. The first-order chi connectivity index (χ1) is 19.4. The van der Waals surface area contributed by atoms with Gasteiger partial charge in [-0.1, -0.05) is 33.1 Å². The van der Waals surface area contributed by atoms with Gasteiger partial charge in [0.05, 0.1) is 13.2 Å². The van der Waals surface area contributed by atoms with E-state index in [1.54, 1.807) is 26.4 Å². The van der Waals surface area contributed by atoms with Crippen molar-refractivity contribution < 1.29 is 19.4 Å². The third-order valence-corrected chi connectivity index (χ3v) is 5.87. The number of methoxy groups -OCH3 is 2. The number of hydrogen-bond donors (Lipinski definition) is 4. The van der Waals surface area contributed by atoms with E-state index in [1.807, 2.05) is 0 Å². The van der Waals surface area contributed by atoms with Gasteiger partial charge >= 0.3 is 5.97 Å². The summed E-state index contributed by atoms with van der Waals surface area (Å²) >= 11 is 0. The molecule has 0 fully saturated rings. The number of unbranched alkanes of at least 4 members (excludes halogenated alkanes) is 1. The molecule has 0 aliphatic carbocycles. The van der Waals surface area contributed by atoms with Crippen LogP contribution < -0.4 is 16.0 Å². The molecule has 0 aromatic carbocycles. The Kier molecular flexibility index (Phi) is 13.8. The zero-order valence-electron chi connectivity index (χ0n) is 23.4. The van der Waals surface area contributed by atoms with Crippen LogP contribution >= 0.6 is 0 Å². The molecule has 0 aliphatic heterocycles. The van der Waals surface area contributed by atoms with E-state index < -0.39 is 12.5 Å². The number of aromatic nitrogens is 4. The molecule has 0 aliphatic rings. The van der Waals surface area contributed by atoms with Crippen molar-refractivity contribution in [1.29, 1.82) is 10.5 Å². The summed E-state index contributed by atoms with van der Waals surface area (Å²) in [5.74, 6) is 0.0929. The lowest BCUT2D eigenvalue weighted by molar-refractivity contribution is -0.137. The molecule has 1 unspecified atom stereocenters. The van der Waals surface area contributed by atoms with Gasteiger partial charge in [-0.15, -0.1) is 10.2 Å². The fraction of sp³-hybridized carbons (Fsp3) is 0.600. The highest BCUT2D eigenvalue weighted by Crippen LogP contribution is 2.34. The zero-order chi connectivity index (χ0) is 29.3. The van der Waals surface area contributed by atoms with Crippen LogP contribution in [0.3, 0.4) is 0 Å². The molecule has 0 saturated heterocycles. The predicted octanol–water partition coefficient (Wildman–Crippen LogP) is 3.66. The number of nitrogens with zero attached hydrogens (tertiary/aromatic N) is 8. The van der Waals surface area contributed by atoms with Crippen LogP contribution in [0, 0.1) is 28.6 Å². The number of carboxylic acids is 1. The van der Waals surface area contributed by atoms with E-state index in [1.165, 1.54) is 0 Å². The molecule has 2 heterocycles. The summed E-state index contributed by atoms with van der Waals surface area (Å²) in [5.41, 5.74) is -0.253. The molecule has 216 valence electrons. The Bertz CT molecular complexity index is 1190. The van der Waals surface area contributed by atoms with Crippen LogP contribution in [0.1, 0.15) is 50.9 Å². The van der Waals surface area contributed by atoms with Crippen LogP contribution in [0.4, 0.5) is 29.2 Å². The predicted molar refractivity (Wildman–Crippen MR) is 148 cm³/mol. The lowest BCUT2D eigenvalue weighted by Gasteiger charge is -2.18. The Balaban J connectivity index is 2.55. The summed E-state index contributed by atoms with van der Waals surface area (Å²) in [5, 5.41) is 46.2. The number of aliphatic carboxylic acids is 1. The zero-order valence-corrected chi connectivity index (χ0v) is 23.4. The van der Waals surface area contributed by atoms with E-state index in [9.17, 15) is 20.4 Å². The van der Waals surface area contributed by atoms with Crippen molar-refractivity contribution in [2.75, 3.05) is 63.0 Å². The normalized spacial score (nSPS) is 11.7. The minimum absolute atomic E-state index is 0.218. The van der Waals surface area contributed by atoms with Crippen molar-refractivity contribution in [3.8, 4) is 12.1 Å². The molecule has 0 spiro atoms. The molecular formula is C25H37N11O4. The average molecular weight is 556 g/mol. The molecule has 40 heavy (non-hydrogen) atoms. The van der Waals surface area contributed by atoms with E-state index in [-0.39, 0.29) is 23.0 Å². The highest BCUT2D eigenvalue weighted by molar-refractivity contribution is 5.75. The van der Waals surface area contributed by atoms with Gasteiger partial charge < -0.3 is 30.5 Å². The van der Waals surface area contributed by atoms with Gasteiger partial charge in [-0.05, 0) is 12.3 Å². The SMILES string of the molecule is CCCCC(CC)CNc1nc(NCCOC)c(/N=N\c2nc(C#N)c(C#N)n2CC(=O)O)c(NCCOC)n1. The van der Waals surface area contributed by atoms with Gasteiger partial charge in [-0.2, -0.15) is 25.5 Å². The van der Waals surface area contributed by atoms with Crippen LogP contribution in [0.15, 0.2) is 10.2 Å². The standard InChI is InChI=1S/C25H37N11O4/c1-5-7-8-17(6-2)15-30-24-32-22(28-9-11-39-3)21(23(33-24)29-10-12-40-4)34-35-25-31-18(13-26)19(14-27)36(25)16-20(37)38/h17H,5-12,15-16H2,1-4H3,(H,37,38)(H3,28,29,30,32,33)/b35-34-. The Morgan fingerprint density at radius 1 is 1.02 bits per heavy atom. The maximum atomic E-state index is 11.4. The van der Waals surface area contributed by atoms with Gasteiger partial charge in [-0.25, -0.2) is 0 Å². The summed E-state index contributed by atoms with van der Waals surface area (Å²) in [7, 11) is 3.16. The molecule has 0 amide bonds. The molecule has 4 N–H and O–H groups in total. The molecular weight excluding hydrogens is 518 g/mol. The van der Waals surface area contributed by atoms with E-state index >= 15 is 0 Å². The van der Waals surface area contributed by atoms with Gasteiger partial charge in [0.25, 0.3) is 5.95 Å². The number of carbonyl (C=O) groups is 1. The highest BCUT2D eigenvalue weighted by atomic mass is 16.5. The first-order valence-corrected chi connectivity index (χ1v) is 13.1. The smallest absolute Gasteiger partial charge is 0.323 e. The van der Waals surface area contributed by atoms with Gasteiger partial charge in [0.2, 0.25) is 5.95 Å². The molecule has 0 saturated carbocycles. The van der Waals surface area contributed by atoms with Crippen LogP contribution in [-0.4, -0.2) is 77.7 Å². The van der Waals surface area contributed by atoms with Gasteiger partial charge in [-0.3, -0.25) is 9.36 Å². The summed E-state index contributed by atoms with van der Waals surface area (Å²) in [6, 6.07) is 3.59. The second-order valence-corrected chi connectivity index (χ2v) is 8.74. The molecule has 2 aromatic rings. The fourth-order valence-electron chi connectivity index (χ4n) is 3.69. The van der Waals surface area contributed by atoms with Crippen LogP contribution in [0.25, 0.3) is 0 Å². The average Bonchev–Trinajstić information content (AvgIpc) is 3.28. The Hall–Kier alpha value is -4.34. The highest BCUT2D eigenvalue weighted by Gasteiger charge is 2.20. The lowest BCUT2D eigenvalue weighted by Crippen LogP contribution is -2.18. The van der Waals surface area contributed by atoms with E-state index in [0.717, 1.165) is 30.3 Å². The first kappa shape index (κ1) is 31.9. The Labute approximate surface area is 233 Å². The number of ether oxygens (including phenoxy) is 2. The van der Waals surface area contributed by atoms with E-state index in [4.69, 9.17) is 9.47 Å². The summed E-state index contributed by atoms with van der Waals surface area (Å²) in [4.78, 5) is 24.6. The quantitative estimate of drug-likeness (QED) is 0.145. The second kappa shape index (κ2) is 17.3. The van der Waals surface area contributed by atoms with E-state index in [2.05, 4.69) is 55.0 Å². The van der Waals surface area contributed by atoms with Crippen molar-refractivity contribution >= 4 is 35.2 Å². The molecule has 15 nitrogen and oxygen atoms in total. The van der Waals surface area contributed by atoms with Crippen LogP contribution in [0.5, 0.6) is 0 Å². The number of nitrogens with one attached hydrogen (secondary N) is 3. The second-order valence-electron chi connectivity index (χ2n) is 8.74. The number of azo groups is 1. The van der Waals surface area contributed by atoms with Crippen LogP contribution in [-0.2, 0) is 20.8 Å². The maximum absolute atomic E-state index is 11.4. The lowest BCUT2D eigenvalue weighted by atomic mass is 9.99. The number of anilines is 3. The number of nitriles is 2. The van der Waals surface area contributed by atoms with Crippen molar-refractivity contribution in [3.05, 3.63) is 11.4 Å². The molecule has 1 atom stereocenters. The minimum Gasteiger partial charge on any atom is -0.480 e. The topological polar surface area (TPSA) is 208 Å². The molecule has 15 heteroatoms. The largest absolute Gasteiger partial charge is 0.480 e. The monoisotopic (exact) mass is 555 g/mol. The van der Waals surface area contributed by atoms with Crippen LogP contribution in [0.2, 0.25) is 0 Å². The van der Waals surface area contributed by atoms with Crippen molar-refractivity contribution in [2.45, 2.75) is 46.1 Å². The summed E-state index contributed by atoms with van der Waals surface area (Å²) in [6.45, 7) is 6.01.